The first-order valence-corrected chi connectivity index (χ1v) is 10.0. The van der Waals surface area contributed by atoms with Crippen LogP contribution in [0.4, 0.5) is 0 Å². The van der Waals surface area contributed by atoms with Crippen molar-refractivity contribution in [1.29, 1.82) is 0 Å². The van der Waals surface area contributed by atoms with Crippen LogP contribution >= 0.6 is 15.9 Å². The lowest BCUT2D eigenvalue weighted by atomic mass is 9.62. The molecule has 0 aliphatic carbocycles. The van der Waals surface area contributed by atoms with E-state index >= 15 is 0 Å². The van der Waals surface area contributed by atoms with Crippen molar-refractivity contribution in [2.75, 3.05) is 0 Å². The number of hydrogen-bond acceptors (Lipinski definition) is 2. The Hall–Kier alpha value is -3.04. The summed E-state index contributed by atoms with van der Waals surface area (Å²) in [5.41, 5.74) is 4.00. The summed E-state index contributed by atoms with van der Waals surface area (Å²) >= 11 is 3.71. The molecule has 2 heterocycles. The molecule has 1 spiro atoms. The fourth-order valence-corrected chi connectivity index (χ4v) is 5.05. The lowest BCUT2D eigenvalue weighted by molar-refractivity contribution is 0.398. The third-order valence-electron chi connectivity index (χ3n) is 5.68. The monoisotopic (exact) mass is 426 g/mol. The third-order valence-corrected chi connectivity index (χ3v) is 6.30. The molecule has 0 bridgehead atoms. The normalized spacial score (nSPS) is 14.8. The van der Waals surface area contributed by atoms with Gasteiger partial charge in [0, 0.05) is 22.3 Å². The van der Waals surface area contributed by atoms with E-state index in [0.717, 1.165) is 49.7 Å². The summed E-state index contributed by atoms with van der Waals surface area (Å²) in [6, 6.07) is 31.2. The molecule has 4 aromatic carbocycles. The molecule has 0 radical (unpaired) electrons. The second-order valence-corrected chi connectivity index (χ2v) is 7.91. The van der Waals surface area contributed by atoms with E-state index in [2.05, 4.69) is 64.5 Å². The molecule has 28 heavy (non-hydrogen) atoms. The fourth-order valence-electron chi connectivity index (χ4n) is 4.60. The summed E-state index contributed by atoms with van der Waals surface area (Å²) in [4.78, 5) is 0. The molecule has 0 amide bonds. The first kappa shape index (κ1) is 16.0. The Bertz CT molecular complexity index is 1180. The van der Waals surface area contributed by atoms with Crippen molar-refractivity contribution in [3.63, 3.8) is 0 Å². The van der Waals surface area contributed by atoms with Crippen LogP contribution in [0.3, 0.4) is 0 Å². The number of rotatable bonds is 0. The fraction of sp³-hybridized carbons (Fsp3) is 0.0400. The Labute approximate surface area is 171 Å². The minimum absolute atomic E-state index is 0.501. The highest BCUT2D eigenvalue weighted by molar-refractivity contribution is 9.10. The Morgan fingerprint density at radius 3 is 1.54 bits per heavy atom. The van der Waals surface area contributed by atoms with Crippen molar-refractivity contribution in [3.05, 3.63) is 118 Å². The Morgan fingerprint density at radius 1 is 0.500 bits per heavy atom. The molecule has 0 saturated heterocycles. The van der Waals surface area contributed by atoms with Gasteiger partial charge in [0.2, 0.25) is 0 Å². The molecular formula is C25H15BrO2. The predicted molar refractivity (Wildman–Crippen MR) is 113 cm³/mol. The van der Waals surface area contributed by atoms with E-state index < -0.39 is 5.41 Å². The van der Waals surface area contributed by atoms with Gasteiger partial charge in [-0.05, 0) is 40.2 Å². The standard InChI is InChI=1S/C25H15BrO2/c26-20-12-7-11-19-24(20)28-23-15-6-3-10-18(23)25(19)16-8-1-4-13-21(16)27-22-14-5-2-9-17(22)25/h1-15H. The Kier molecular flexibility index (Phi) is 3.27. The number of benzene rings is 4. The zero-order chi connectivity index (χ0) is 18.7. The van der Waals surface area contributed by atoms with Crippen LogP contribution in [0.15, 0.2) is 95.5 Å². The average molecular weight is 427 g/mol. The van der Waals surface area contributed by atoms with Gasteiger partial charge < -0.3 is 9.47 Å². The smallest absolute Gasteiger partial charge is 0.146 e. The molecule has 2 nitrogen and oxygen atoms in total. The summed E-state index contributed by atoms with van der Waals surface area (Å²) in [5.74, 6) is 3.48. The van der Waals surface area contributed by atoms with E-state index in [4.69, 9.17) is 9.47 Å². The van der Waals surface area contributed by atoms with Crippen LogP contribution in [0.1, 0.15) is 22.3 Å². The van der Waals surface area contributed by atoms with Gasteiger partial charge >= 0.3 is 0 Å². The molecule has 2 aliphatic rings. The second kappa shape index (κ2) is 5.73. The summed E-state index contributed by atoms with van der Waals surface area (Å²) in [7, 11) is 0. The summed E-state index contributed by atoms with van der Waals surface area (Å²) in [6.45, 7) is 0. The molecule has 0 fully saturated rings. The first-order chi connectivity index (χ1) is 13.8. The SMILES string of the molecule is Brc1cccc2c1Oc1ccccc1C21c2ccccc2Oc2ccccc21. The lowest BCUT2D eigenvalue weighted by Crippen LogP contribution is -2.36. The van der Waals surface area contributed by atoms with Crippen LogP contribution in [0.2, 0.25) is 0 Å². The Balaban J connectivity index is 1.86. The zero-order valence-electron chi connectivity index (χ0n) is 14.9. The summed E-state index contributed by atoms with van der Waals surface area (Å²) < 4.78 is 13.6. The second-order valence-electron chi connectivity index (χ2n) is 7.06. The summed E-state index contributed by atoms with van der Waals surface area (Å²) in [6.07, 6.45) is 0. The van der Waals surface area contributed by atoms with Crippen molar-refractivity contribution in [2.45, 2.75) is 5.41 Å². The van der Waals surface area contributed by atoms with Gasteiger partial charge in [-0.3, -0.25) is 0 Å². The van der Waals surface area contributed by atoms with Crippen molar-refractivity contribution in [2.24, 2.45) is 0 Å². The van der Waals surface area contributed by atoms with E-state index in [0.29, 0.717) is 0 Å². The molecule has 0 saturated carbocycles. The van der Waals surface area contributed by atoms with Gasteiger partial charge in [0.25, 0.3) is 0 Å². The maximum absolute atomic E-state index is 6.38. The number of halogens is 1. The van der Waals surface area contributed by atoms with Crippen LogP contribution in [0.25, 0.3) is 0 Å². The van der Waals surface area contributed by atoms with Gasteiger partial charge in [0.05, 0.1) is 9.89 Å². The van der Waals surface area contributed by atoms with Gasteiger partial charge in [-0.15, -0.1) is 0 Å². The molecule has 4 aromatic rings. The van der Waals surface area contributed by atoms with E-state index in [-0.39, 0.29) is 0 Å². The summed E-state index contributed by atoms with van der Waals surface area (Å²) in [5, 5.41) is 0. The van der Waals surface area contributed by atoms with Gasteiger partial charge in [0.15, 0.2) is 0 Å². The van der Waals surface area contributed by atoms with Crippen molar-refractivity contribution in [1.82, 2.24) is 0 Å². The number of fused-ring (bicyclic) bond motifs is 8. The van der Waals surface area contributed by atoms with E-state index in [1.807, 2.05) is 42.5 Å². The number of ether oxygens (including phenoxy) is 2. The predicted octanol–water partition coefficient (Wildman–Crippen LogP) is 7.04. The molecule has 0 atom stereocenters. The van der Waals surface area contributed by atoms with Crippen LogP contribution in [0, 0.1) is 0 Å². The molecule has 2 aliphatic heterocycles. The molecule has 6 rings (SSSR count). The lowest BCUT2D eigenvalue weighted by Gasteiger charge is -2.44. The number of para-hydroxylation sites is 4. The molecule has 0 unspecified atom stereocenters. The van der Waals surface area contributed by atoms with Crippen molar-refractivity contribution in [3.8, 4) is 23.0 Å². The zero-order valence-corrected chi connectivity index (χ0v) is 16.4. The minimum Gasteiger partial charge on any atom is -0.457 e. The average Bonchev–Trinajstić information content (AvgIpc) is 2.74. The maximum atomic E-state index is 6.38. The van der Waals surface area contributed by atoms with E-state index in [9.17, 15) is 0 Å². The quantitative estimate of drug-likeness (QED) is 0.259. The third kappa shape index (κ3) is 1.92. The van der Waals surface area contributed by atoms with Gasteiger partial charge in [-0.1, -0.05) is 66.7 Å². The van der Waals surface area contributed by atoms with Gasteiger partial charge in [-0.2, -0.15) is 0 Å². The highest BCUT2D eigenvalue weighted by atomic mass is 79.9. The molecule has 0 N–H and O–H groups in total. The Morgan fingerprint density at radius 2 is 0.964 bits per heavy atom. The first-order valence-electron chi connectivity index (χ1n) is 9.23. The minimum atomic E-state index is -0.501. The van der Waals surface area contributed by atoms with E-state index in [1.165, 1.54) is 0 Å². The van der Waals surface area contributed by atoms with Crippen molar-refractivity contribution >= 4 is 15.9 Å². The van der Waals surface area contributed by atoms with E-state index in [1.54, 1.807) is 0 Å². The van der Waals surface area contributed by atoms with Crippen LogP contribution < -0.4 is 9.47 Å². The molecular weight excluding hydrogens is 412 g/mol. The molecule has 134 valence electrons. The topological polar surface area (TPSA) is 18.5 Å². The van der Waals surface area contributed by atoms with Crippen LogP contribution in [-0.2, 0) is 5.41 Å². The molecule has 0 aromatic heterocycles. The van der Waals surface area contributed by atoms with Gasteiger partial charge in [0.1, 0.15) is 23.0 Å². The number of hydrogen-bond donors (Lipinski definition) is 0. The maximum Gasteiger partial charge on any atom is 0.146 e. The highest BCUT2D eigenvalue weighted by Crippen LogP contribution is 2.61. The van der Waals surface area contributed by atoms with Gasteiger partial charge in [-0.25, -0.2) is 0 Å². The van der Waals surface area contributed by atoms with Crippen LogP contribution in [-0.4, -0.2) is 0 Å². The highest BCUT2D eigenvalue weighted by Gasteiger charge is 2.50. The largest absolute Gasteiger partial charge is 0.457 e. The van der Waals surface area contributed by atoms with Crippen molar-refractivity contribution < 1.29 is 9.47 Å². The van der Waals surface area contributed by atoms with Crippen LogP contribution in [0.5, 0.6) is 23.0 Å². The molecule has 3 heteroatoms.